The third kappa shape index (κ3) is 7.60. The average Bonchev–Trinajstić information content (AvgIpc) is 3.08. The number of benzene rings is 3. The Morgan fingerprint density at radius 3 is 2.42 bits per heavy atom. The zero-order chi connectivity index (χ0) is 35.4. The van der Waals surface area contributed by atoms with Gasteiger partial charge in [-0.25, -0.2) is 9.78 Å². The van der Waals surface area contributed by atoms with Gasteiger partial charge >= 0.3 is 23.9 Å². The van der Waals surface area contributed by atoms with Crippen molar-refractivity contribution in [3.63, 3.8) is 0 Å². The van der Waals surface area contributed by atoms with E-state index in [-0.39, 0.29) is 47.4 Å². The number of esters is 2. The van der Waals surface area contributed by atoms with Crippen LogP contribution in [0.25, 0.3) is 5.57 Å². The Bertz CT molecular complexity index is 2120. The molecule has 50 heavy (non-hydrogen) atoms. The first-order valence-electron chi connectivity index (χ1n) is 15.6. The Kier molecular flexibility index (Phi) is 9.52. The number of ketones is 1. The van der Waals surface area contributed by atoms with Gasteiger partial charge in [-0.15, -0.1) is 0 Å². The van der Waals surface area contributed by atoms with Crippen LogP contribution in [0.5, 0.6) is 17.5 Å². The number of aromatic nitrogens is 2. The van der Waals surface area contributed by atoms with Gasteiger partial charge < -0.3 is 29.8 Å². The molecule has 0 saturated carbocycles. The normalized spacial score (nSPS) is 14.4. The highest BCUT2D eigenvalue weighted by atomic mass is 16.5. The third-order valence-electron chi connectivity index (χ3n) is 7.84. The van der Waals surface area contributed by atoms with Crippen molar-refractivity contribution in [2.24, 2.45) is 0 Å². The quantitative estimate of drug-likeness (QED) is 0.114. The lowest BCUT2D eigenvalue weighted by Gasteiger charge is -2.29. The van der Waals surface area contributed by atoms with Crippen molar-refractivity contribution >= 4 is 35.1 Å². The van der Waals surface area contributed by atoms with Crippen LogP contribution in [0.1, 0.15) is 63.2 Å². The number of nitrogens with two attached hydrogens (primary N) is 1. The summed E-state index contributed by atoms with van der Waals surface area (Å²) in [4.78, 5) is 57.5. The molecule has 6 rings (SSSR count). The number of nitrogen functional groups attached to an aromatic ring is 1. The first-order chi connectivity index (χ1) is 24.0. The van der Waals surface area contributed by atoms with Crippen LogP contribution in [0, 0.1) is 0 Å². The number of hydrogen-bond acceptors (Lipinski definition) is 11. The van der Waals surface area contributed by atoms with Crippen LogP contribution in [0.15, 0.2) is 102 Å². The topological polar surface area (TPSA) is 177 Å². The van der Waals surface area contributed by atoms with Gasteiger partial charge in [-0.2, -0.15) is 4.98 Å². The molecule has 0 fully saturated rings. The van der Waals surface area contributed by atoms with Crippen LogP contribution in [-0.2, 0) is 27.4 Å². The van der Waals surface area contributed by atoms with Crippen molar-refractivity contribution in [3.05, 3.63) is 136 Å². The molecule has 12 nitrogen and oxygen atoms in total. The van der Waals surface area contributed by atoms with Crippen molar-refractivity contribution in [2.75, 3.05) is 5.73 Å². The molecule has 0 radical (unpaired) electrons. The van der Waals surface area contributed by atoms with Crippen LogP contribution >= 0.6 is 0 Å². The number of carboxylic acids is 1. The third-order valence-corrected chi connectivity index (χ3v) is 7.84. The van der Waals surface area contributed by atoms with Crippen molar-refractivity contribution < 1.29 is 43.2 Å². The number of aryl methyl sites for hydroxylation is 1. The number of fused-ring (bicyclic) bond motifs is 2. The zero-order valence-corrected chi connectivity index (χ0v) is 27.0. The molecule has 1 aromatic heterocycles. The number of carbonyl (C=O) groups is 4. The summed E-state index contributed by atoms with van der Waals surface area (Å²) in [5.41, 5.74) is 9.61. The fourth-order valence-corrected chi connectivity index (χ4v) is 5.59. The maximum Gasteiger partial charge on any atom is 0.336 e. The van der Waals surface area contributed by atoms with E-state index in [0.717, 1.165) is 11.1 Å². The van der Waals surface area contributed by atoms with Gasteiger partial charge in [0.15, 0.2) is 5.78 Å². The minimum atomic E-state index is -1.19. The van der Waals surface area contributed by atoms with Gasteiger partial charge in [-0.3, -0.25) is 14.4 Å². The number of rotatable bonds is 11. The molecule has 2 heterocycles. The number of nitrogens with zero attached hydrogens (tertiary/aromatic N) is 2. The van der Waals surface area contributed by atoms with Crippen LogP contribution in [0.4, 0.5) is 5.82 Å². The summed E-state index contributed by atoms with van der Waals surface area (Å²) < 4.78 is 22.4. The summed E-state index contributed by atoms with van der Waals surface area (Å²) in [6.45, 7) is 2.81. The number of carboxylic acid groups (broad SMARTS) is 1. The van der Waals surface area contributed by atoms with E-state index in [2.05, 4.69) is 9.97 Å². The molecule has 0 saturated heterocycles. The standard InChI is InChI=1S/C38H31N3O9/c1-21(42)48-26-9-12-29-33(18-26)50-34-19-27(49-22(2)43)10-13-30(34)36(29)31-17-25(8-11-28(31)37(45)46)32(44)14-7-23-3-5-24(6-4-23)20-47-38-40-16-15-35(39)41-38/h3-6,8-13,15-19,26H,7,14,20H2,1-2H3,(H,45,46)(H2,39,40,41). The molecular formula is C38H31N3O9. The summed E-state index contributed by atoms with van der Waals surface area (Å²) in [7, 11) is 0. The maximum atomic E-state index is 13.6. The van der Waals surface area contributed by atoms with Crippen LogP contribution < -0.4 is 19.9 Å². The highest BCUT2D eigenvalue weighted by Crippen LogP contribution is 2.45. The number of ether oxygens (including phenoxy) is 4. The van der Waals surface area contributed by atoms with E-state index < -0.39 is 24.0 Å². The molecule has 1 unspecified atom stereocenters. The number of carbonyl (C=O) groups excluding carboxylic acids is 3. The van der Waals surface area contributed by atoms with Crippen LogP contribution in [-0.4, -0.2) is 44.9 Å². The van der Waals surface area contributed by atoms with Crippen LogP contribution in [0.2, 0.25) is 0 Å². The first-order valence-corrected chi connectivity index (χ1v) is 15.6. The van der Waals surface area contributed by atoms with Gasteiger partial charge in [-0.05, 0) is 59.5 Å². The van der Waals surface area contributed by atoms with E-state index >= 15 is 0 Å². The molecule has 1 atom stereocenters. The van der Waals surface area contributed by atoms with E-state index in [1.807, 2.05) is 24.3 Å². The Morgan fingerprint density at radius 2 is 1.70 bits per heavy atom. The summed E-state index contributed by atoms with van der Waals surface area (Å²) in [6.07, 6.45) is 6.35. The summed E-state index contributed by atoms with van der Waals surface area (Å²) in [5, 5.41) is 10.2. The number of Topliss-reactive ketones (excluding diaryl/α,β-unsaturated/α-hetero) is 1. The molecule has 1 aliphatic carbocycles. The second-order valence-electron chi connectivity index (χ2n) is 11.5. The zero-order valence-electron chi connectivity index (χ0n) is 27.0. The molecule has 0 spiro atoms. The summed E-state index contributed by atoms with van der Waals surface area (Å²) >= 11 is 0. The lowest BCUT2D eigenvalue weighted by molar-refractivity contribution is -0.142. The molecular weight excluding hydrogens is 642 g/mol. The highest BCUT2D eigenvalue weighted by molar-refractivity contribution is 6.04. The molecule has 12 heteroatoms. The Balaban J connectivity index is 1.28. The first kappa shape index (κ1) is 33.3. The van der Waals surface area contributed by atoms with E-state index in [1.165, 1.54) is 38.2 Å². The molecule has 4 aromatic rings. The van der Waals surface area contributed by atoms with E-state index in [1.54, 1.807) is 42.5 Å². The molecule has 0 amide bonds. The van der Waals surface area contributed by atoms with Gasteiger partial charge in [0.1, 0.15) is 35.8 Å². The van der Waals surface area contributed by atoms with Gasteiger partial charge in [0.2, 0.25) is 0 Å². The molecule has 2 aliphatic rings. The fraction of sp³-hybridized carbons (Fsp3) is 0.158. The number of anilines is 1. The summed E-state index contributed by atoms with van der Waals surface area (Å²) in [5.74, 6) is -1.26. The smallest absolute Gasteiger partial charge is 0.336 e. The largest absolute Gasteiger partial charge is 0.478 e. The van der Waals surface area contributed by atoms with E-state index in [4.69, 9.17) is 24.7 Å². The fourth-order valence-electron chi connectivity index (χ4n) is 5.59. The average molecular weight is 674 g/mol. The highest BCUT2D eigenvalue weighted by Gasteiger charge is 2.31. The SMILES string of the molecule is CC(=O)Oc1ccc2c(c1)OC1=CC(OC(C)=O)C=CC1=C2c1cc(C(=O)CCc2ccc(COc3nccc(N)n3)cc2)ccc1C(=O)O. The summed E-state index contributed by atoms with van der Waals surface area (Å²) in [6, 6.07) is 18.6. The minimum Gasteiger partial charge on any atom is -0.478 e. The number of aromatic carboxylic acids is 1. The second-order valence-corrected chi connectivity index (χ2v) is 11.5. The second kappa shape index (κ2) is 14.3. The lowest BCUT2D eigenvalue weighted by atomic mass is 9.84. The molecule has 252 valence electrons. The van der Waals surface area contributed by atoms with E-state index in [9.17, 15) is 24.3 Å². The molecule has 0 bridgehead atoms. The van der Waals surface area contributed by atoms with Crippen molar-refractivity contribution in [2.45, 2.75) is 39.4 Å². The molecule has 3 N–H and O–H groups in total. The van der Waals surface area contributed by atoms with Gasteiger partial charge in [0.05, 0.1) is 5.56 Å². The Labute approximate surface area is 286 Å². The maximum absolute atomic E-state index is 13.6. The monoisotopic (exact) mass is 673 g/mol. The number of allylic oxidation sites excluding steroid dienone is 1. The van der Waals surface area contributed by atoms with Gasteiger partial charge in [0, 0.05) is 60.9 Å². The lowest BCUT2D eigenvalue weighted by Crippen LogP contribution is -2.20. The molecule has 3 aromatic carbocycles. The molecule has 1 aliphatic heterocycles. The Morgan fingerprint density at radius 1 is 0.920 bits per heavy atom. The van der Waals surface area contributed by atoms with Crippen LogP contribution in [0.3, 0.4) is 0 Å². The van der Waals surface area contributed by atoms with Gasteiger partial charge in [-0.1, -0.05) is 36.4 Å². The van der Waals surface area contributed by atoms with Gasteiger partial charge in [0.25, 0.3) is 0 Å². The predicted octanol–water partition coefficient (Wildman–Crippen LogP) is 5.66. The Hall–Kier alpha value is -6.56. The number of hydrogen-bond donors (Lipinski definition) is 2. The van der Waals surface area contributed by atoms with Crippen molar-refractivity contribution in [3.8, 4) is 17.5 Å². The van der Waals surface area contributed by atoms with Crippen molar-refractivity contribution in [1.82, 2.24) is 9.97 Å². The van der Waals surface area contributed by atoms with E-state index in [0.29, 0.717) is 40.3 Å². The predicted molar refractivity (Wildman–Crippen MR) is 180 cm³/mol. The minimum absolute atomic E-state index is 0.0304. The van der Waals surface area contributed by atoms with Crippen molar-refractivity contribution in [1.29, 1.82) is 0 Å².